The molecule has 0 aliphatic carbocycles. The van der Waals surface area contributed by atoms with E-state index in [4.69, 9.17) is 11.6 Å². The highest BCUT2D eigenvalue weighted by Crippen LogP contribution is 2.35. The Hall–Kier alpha value is -1.53. The first-order chi connectivity index (χ1) is 13.7. The van der Waals surface area contributed by atoms with E-state index in [9.17, 15) is 4.79 Å². The van der Waals surface area contributed by atoms with E-state index in [0.717, 1.165) is 36.0 Å². The van der Waals surface area contributed by atoms with Crippen LogP contribution < -0.4 is 10.6 Å². The van der Waals surface area contributed by atoms with Gasteiger partial charge in [-0.15, -0.1) is 11.8 Å². The van der Waals surface area contributed by atoms with Crippen molar-refractivity contribution in [2.24, 2.45) is 0 Å². The van der Waals surface area contributed by atoms with Crippen LogP contribution >= 0.6 is 23.4 Å². The number of hydrogen-bond donors (Lipinski definition) is 2. The average molecular weight is 414 g/mol. The van der Waals surface area contributed by atoms with E-state index in [1.54, 1.807) is 0 Å². The number of carbonyl (C=O) groups is 1. The van der Waals surface area contributed by atoms with Crippen molar-refractivity contribution in [3.63, 3.8) is 0 Å². The maximum Gasteiger partial charge on any atom is 0.251 e. The maximum atomic E-state index is 12.0. The Labute approximate surface area is 175 Å². The molecule has 2 aromatic rings. The third-order valence-electron chi connectivity index (χ3n) is 6.14. The smallest absolute Gasteiger partial charge is 0.251 e. The lowest BCUT2D eigenvalue weighted by molar-refractivity contribution is 0.0966. The van der Waals surface area contributed by atoms with Gasteiger partial charge in [0.1, 0.15) is 0 Å². The first kappa shape index (κ1) is 18.5. The molecule has 3 atom stereocenters. The number of thioether (sulfide) groups is 1. The highest BCUT2D eigenvalue weighted by molar-refractivity contribution is 8.00. The molecule has 0 bridgehead atoms. The highest BCUT2D eigenvalue weighted by atomic mass is 35.5. The fourth-order valence-electron chi connectivity index (χ4n) is 4.67. The van der Waals surface area contributed by atoms with Crippen LogP contribution in [0.1, 0.15) is 45.4 Å². The van der Waals surface area contributed by atoms with Gasteiger partial charge in [0.25, 0.3) is 5.91 Å². The minimum atomic E-state index is 0.0755. The normalized spacial score (nSPS) is 27.2. The molecule has 5 rings (SSSR count). The van der Waals surface area contributed by atoms with Gasteiger partial charge in [0.15, 0.2) is 0 Å². The van der Waals surface area contributed by atoms with Gasteiger partial charge in [-0.1, -0.05) is 35.9 Å². The number of carbonyl (C=O) groups excluding carboxylic acids is 1. The molecule has 2 fully saturated rings. The standard InChI is InChI=1S/C22H24ClN3OS/c23-16-6-4-14(5-7-16)20-13-28-21(25-20)12-26-9-8-15(11-26)17-2-1-3-18-19(17)10-24-22(18)27/h1-7,15,20-21,25H,8-13H2,(H,24,27). The second-order valence-corrected chi connectivity index (χ2v) is 9.57. The summed E-state index contributed by atoms with van der Waals surface area (Å²) < 4.78 is 0. The number of hydrogen-bond acceptors (Lipinski definition) is 4. The van der Waals surface area contributed by atoms with E-state index in [1.165, 1.54) is 23.1 Å². The molecule has 0 saturated carbocycles. The summed E-state index contributed by atoms with van der Waals surface area (Å²) in [6, 6.07) is 14.8. The van der Waals surface area contributed by atoms with Crippen LogP contribution in [0.5, 0.6) is 0 Å². The average Bonchev–Trinajstić information content (AvgIpc) is 3.44. The zero-order valence-corrected chi connectivity index (χ0v) is 17.2. The molecule has 2 aromatic carbocycles. The maximum absolute atomic E-state index is 12.0. The molecule has 0 radical (unpaired) electrons. The SMILES string of the molecule is O=C1NCc2c1cccc2C1CCN(CC2NC(c3ccc(Cl)cc3)CS2)C1. The van der Waals surface area contributed by atoms with E-state index in [-0.39, 0.29) is 5.91 Å². The molecule has 3 aliphatic heterocycles. The molecule has 4 nitrogen and oxygen atoms in total. The number of nitrogens with one attached hydrogen (secondary N) is 2. The van der Waals surface area contributed by atoms with Crippen LogP contribution in [0, 0.1) is 0 Å². The van der Waals surface area contributed by atoms with Crippen LogP contribution in [0.3, 0.4) is 0 Å². The summed E-state index contributed by atoms with van der Waals surface area (Å²) in [5.74, 6) is 1.71. The molecule has 146 valence electrons. The fraction of sp³-hybridized carbons (Fsp3) is 0.409. The van der Waals surface area contributed by atoms with Gasteiger partial charge in [-0.05, 0) is 53.8 Å². The Kier molecular flexibility index (Phi) is 5.09. The zero-order chi connectivity index (χ0) is 19.1. The van der Waals surface area contributed by atoms with Gasteiger partial charge in [0.05, 0.1) is 5.37 Å². The largest absolute Gasteiger partial charge is 0.348 e. The quantitative estimate of drug-likeness (QED) is 0.800. The van der Waals surface area contributed by atoms with Gasteiger partial charge >= 0.3 is 0 Å². The van der Waals surface area contributed by atoms with E-state index in [1.807, 2.05) is 36.0 Å². The molecule has 2 N–H and O–H groups in total. The summed E-state index contributed by atoms with van der Waals surface area (Å²) in [6.07, 6.45) is 1.17. The van der Waals surface area contributed by atoms with Crippen LogP contribution in [0.2, 0.25) is 5.02 Å². The van der Waals surface area contributed by atoms with Crippen molar-refractivity contribution in [3.8, 4) is 0 Å². The minimum Gasteiger partial charge on any atom is -0.348 e. The molecule has 0 aromatic heterocycles. The Balaban J connectivity index is 1.20. The topological polar surface area (TPSA) is 44.4 Å². The zero-order valence-electron chi connectivity index (χ0n) is 15.7. The van der Waals surface area contributed by atoms with Gasteiger partial charge in [-0.2, -0.15) is 0 Å². The van der Waals surface area contributed by atoms with Crippen molar-refractivity contribution in [2.45, 2.75) is 30.3 Å². The van der Waals surface area contributed by atoms with Gasteiger partial charge < -0.3 is 10.2 Å². The molecule has 6 heteroatoms. The molecule has 1 amide bonds. The van der Waals surface area contributed by atoms with Gasteiger partial charge in [-0.3, -0.25) is 10.1 Å². The van der Waals surface area contributed by atoms with E-state index in [2.05, 4.69) is 33.7 Å². The number of fused-ring (bicyclic) bond motifs is 1. The van der Waals surface area contributed by atoms with Crippen LogP contribution in [0.25, 0.3) is 0 Å². The molecule has 2 saturated heterocycles. The third-order valence-corrected chi connectivity index (χ3v) is 7.61. The molecular weight excluding hydrogens is 390 g/mol. The summed E-state index contributed by atoms with van der Waals surface area (Å²) in [5.41, 5.74) is 4.77. The van der Waals surface area contributed by atoms with Crippen LogP contribution in [-0.4, -0.2) is 41.6 Å². The summed E-state index contributed by atoms with van der Waals surface area (Å²) in [5, 5.41) is 8.00. The predicted molar refractivity (Wildman–Crippen MR) is 115 cm³/mol. The van der Waals surface area contributed by atoms with Gasteiger partial charge in [0.2, 0.25) is 0 Å². The Morgan fingerprint density at radius 1 is 1.18 bits per heavy atom. The molecule has 28 heavy (non-hydrogen) atoms. The summed E-state index contributed by atoms with van der Waals surface area (Å²) in [4.78, 5) is 14.5. The number of nitrogens with zero attached hydrogens (tertiary/aromatic N) is 1. The number of amides is 1. The van der Waals surface area contributed by atoms with Crippen LogP contribution in [0.15, 0.2) is 42.5 Å². The van der Waals surface area contributed by atoms with E-state index in [0.29, 0.717) is 23.9 Å². The summed E-state index contributed by atoms with van der Waals surface area (Å²) in [7, 11) is 0. The van der Waals surface area contributed by atoms with Crippen molar-refractivity contribution in [1.29, 1.82) is 0 Å². The van der Waals surface area contributed by atoms with Crippen LogP contribution in [-0.2, 0) is 6.54 Å². The molecule has 3 aliphatic rings. The van der Waals surface area contributed by atoms with Gasteiger partial charge in [-0.25, -0.2) is 0 Å². The first-order valence-electron chi connectivity index (χ1n) is 9.93. The predicted octanol–water partition coefficient (Wildman–Crippen LogP) is 3.78. The Morgan fingerprint density at radius 2 is 2.04 bits per heavy atom. The van der Waals surface area contributed by atoms with Crippen molar-refractivity contribution >= 4 is 29.3 Å². The number of halogens is 1. The molecular formula is C22H24ClN3OS. The monoisotopic (exact) mass is 413 g/mol. The van der Waals surface area contributed by atoms with Crippen molar-refractivity contribution < 1.29 is 4.79 Å². The molecule has 3 unspecified atom stereocenters. The van der Waals surface area contributed by atoms with E-state index >= 15 is 0 Å². The van der Waals surface area contributed by atoms with E-state index < -0.39 is 0 Å². The molecule has 0 spiro atoms. The molecule has 3 heterocycles. The minimum absolute atomic E-state index is 0.0755. The second-order valence-electron chi connectivity index (χ2n) is 7.89. The summed E-state index contributed by atoms with van der Waals surface area (Å²) >= 11 is 8.03. The lowest BCUT2D eigenvalue weighted by Gasteiger charge is -2.21. The van der Waals surface area contributed by atoms with Crippen LogP contribution in [0.4, 0.5) is 0 Å². The Morgan fingerprint density at radius 3 is 2.89 bits per heavy atom. The fourth-order valence-corrected chi connectivity index (χ4v) is 6.09. The number of rotatable bonds is 4. The summed E-state index contributed by atoms with van der Waals surface area (Å²) in [6.45, 7) is 3.95. The number of benzene rings is 2. The van der Waals surface area contributed by atoms with Gasteiger partial charge in [0, 0.05) is 42.0 Å². The highest BCUT2D eigenvalue weighted by Gasteiger charge is 2.32. The van der Waals surface area contributed by atoms with Crippen molar-refractivity contribution in [3.05, 3.63) is 69.7 Å². The lowest BCUT2D eigenvalue weighted by atomic mass is 9.91. The third kappa shape index (κ3) is 3.57. The number of likely N-dealkylation sites (tertiary alicyclic amines) is 1. The van der Waals surface area contributed by atoms with Crippen molar-refractivity contribution in [1.82, 2.24) is 15.5 Å². The van der Waals surface area contributed by atoms with Crippen molar-refractivity contribution in [2.75, 3.05) is 25.4 Å². The first-order valence-corrected chi connectivity index (χ1v) is 11.4. The lowest BCUT2D eigenvalue weighted by Crippen LogP contribution is -2.35. The second kappa shape index (κ2) is 7.71. The Bertz CT molecular complexity index is 888.